The Bertz CT molecular complexity index is 552. The van der Waals surface area contributed by atoms with Crippen molar-refractivity contribution in [1.29, 1.82) is 0 Å². The van der Waals surface area contributed by atoms with Crippen molar-refractivity contribution < 1.29 is 12.8 Å². The van der Waals surface area contributed by atoms with Crippen molar-refractivity contribution in [2.75, 3.05) is 0 Å². The molecule has 1 unspecified atom stereocenters. The van der Waals surface area contributed by atoms with Gasteiger partial charge in [0.25, 0.3) is 0 Å². The van der Waals surface area contributed by atoms with E-state index in [-0.39, 0.29) is 0 Å². The first-order chi connectivity index (χ1) is 6.98. The molecule has 5 heteroatoms. The fourth-order valence-corrected chi connectivity index (χ4v) is 1.80. The second kappa shape index (κ2) is 3.36. The molecule has 0 aliphatic carbocycles. The molecule has 2 rings (SSSR count). The maximum Gasteiger partial charge on any atom is 0.219 e. The predicted molar refractivity (Wildman–Crippen MR) is 57.7 cm³/mol. The highest BCUT2D eigenvalue weighted by molar-refractivity contribution is 7.89. The summed E-state index contributed by atoms with van der Waals surface area (Å²) in [5.74, 6) is 0.374. The van der Waals surface area contributed by atoms with Crippen molar-refractivity contribution in [2.24, 2.45) is 5.14 Å². The van der Waals surface area contributed by atoms with Gasteiger partial charge in [-0.25, -0.2) is 13.6 Å². The topological polar surface area (TPSA) is 73.3 Å². The van der Waals surface area contributed by atoms with Crippen LogP contribution in [0.25, 0.3) is 11.0 Å². The highest BCUT2D eigenvalue weighted by Crippen LogP contribution is 2.26. The monoisotopic (exact) mass is 225 g/mol. The lowest BCUT2D eigenvalue weighted by Crippen LogP contribution is -2.18. The zero-order chi connectivity index (χ0) is 11.1. The summed E-state index contributed by atoms with van der Waals surface area (Å²) in [6, 6.07) is 9.04. The Morgan fingerprint density at radius 1 is 1.33 bits per heavy atom. The smallest absolute Gasteiger partial charge is 0.219 e. The molecule has 0 aliphatic rings. The standard InChI is InChI=1S/C10H11NO3S/c1-7(15(11,12)13)10-6-8-4-2-3-5-9(8)14-10/h2-7H,1H3,(H2,11,12,13). The average Bonchev–Trinajstić information content (AvgIpc) is 2.58. The van der Waals surface area contributed by atoms with Crippen LogP contribution < -0.4 is 5.14 Å². The zero-order valence-electron chi connectivity index (χ0n) is 8.17. The van der Waals surface area contributed by atoms with E-state index < -0.39 is 15.3 Å². The molecule has 1 aromatic carbocycles. The maximum atomic E-state index is 11.1. The number of rotatable bonds is 2. The number of sulfonamides is 1. The molecule has 2 aromatic rings. The van der Waals surface area contributed by atoms with Gasteiger partial charge in [0, 0.05) is 5.39 Å². The van der Waals surface area contributed by atoms with Gasteiger partial charge in [0.15, 0.2) is 0 Å². The van der Waals surface area contributed by atoms with Crippen molar-refractivity contribution in [1.82, 2.24) is 0 Å². The minimum atomic E-state index is -3.60. The quantitative estimate of drug-likeness (QED) is 0.846. The van der Waals surface area contributed by atoms with E-state index in [2.05, 4.69) is 0 Å². The third-order valence-corrected chi connectivity index (χ3v) is 3.56. The van der Waals surface area contributed by atoms with Crippen LogP contribution in [0, 0.1) is 0 Å². The van der Waals surface area contributed by atoms with Gasteiger partial charge in [-0.05, 0) is 19.1 Å². The van der Waals surface area contributed by atoms with E-state index in [4.69, 9.17) is 9.56 Å². The molecule has 1 aromatic heterocycles. The van der Waals surface area contributed by atoms with Crippen molar-refractivity contribution in [3.8, 4) is 0 Å². The first-order valence-corrected chi connectivity index (χ1v) is 6.09. The molecule has 0 bridgehead atoms. The van der Waals surface area contributed by atoms with Crippen LogP contribution >= 0.6 is 0 Å². The molecule has 15 heavy (non-hydrogen) atoms. The van der Waals surface area contributed by atoms with Crippen LogP contribution in [-0.2, 0) is 10.0 Å². The second-order valence-corrected chi connectivity index (χ2v) is 5.30. The number of furan rings is 1. The summed E-state index contributed by atoms with van der Waals surface area (Å²) < 4.78 is 27.6. The van der Waals surface area contributed by atoms with E-state index in [0.29, 0.717) is 11.3 Å². The molecule has 1 atom stereocenters. The first-order valence-electron chi connectivity index (χ1n) is 4.48. The number of primary sulfonamides is 1. The molecule has 0 aliphatic heterocycles. The largest absolute Gasteiger partial charge is 0.460 e. The summed E-state index contributed by atoms with van der Waals surface area (Å²) in [5.41, 5.74) is 0.669. The van der Waals surface area contributed by atoms with Gasteiger partial charge in [-0.15, -0.1) is 0 Å². The summed E-state index contributed by atoms with van der Waals surface area (Å²) in [4.78, 5) is 0. The maximum absolute atomic E-state index is 11.1. The van der Waals surface area contributed by atoms with Crippen LogP contribution in [0.2, 0.25) is 0 Å². The Morgan fingerprint density at radius 3 is 2.60 bits per heavy atom. The van der Waals surface area contributed by atoms with E-state index in [1.165, 1.54) is 6.92 Å². The van der Waals surface area contributed by atoms with Crippen LogP contribution in [0.5, 0.6) is 0 Å². The molecule has 0 amide bonds. The normalized spacial score (nSPS) is 14.3. The van der Waals surface area contributed by atoms with Gasteiger partial charge < -0.3 is 4.42 Å². The van der Waals surface area contributed by atoms with Crippen molar-refractivity contribution in [3.63, 3.8) is 0 Å². The molecule has 0 spiro atoms. The molecule has 1 heterocycles. The molecular formula is C10H11NO3S. The van der Waals surface area contributed by atoms with Gasteiger partial charge in [-0.2, -0.15) is 0 Å². The lowest BCUT2D eigenvalue weighted by molar-refractivity contribution is 0.529. The van der Waals surface area contributed by atoms with Crippen LogP contribution in [0.3, 0.4) is 0 Å². The first kappa shape index (κ1) is 10.2. The van der Waals surface area contributed by atoms with Gasteiger partial charge in [-0.3, -0.25) is 0 Å². The van der Waals surface area contributed by atoms with Crippen molar-refractivity contribution in [2.45, 2.75) is 12.2 Å². The molecule has 0 saturated heterocycles. The second-order valence-electron chi connectivity index (χ2n) is 3.42. The Labute approximate surface area is 87.7 Å². The SMILES string of the molecule is CC(c1cc2ccccc2o1)S(N)(=O)=O. The lowest BCUT2D eigenvalue weighted by Gasteiger charge is -2.03. The minimum absolute atomic E-state index is 0.374. The summed E-state index contributed by atoms with van der Waals surface area (Å²) >= 11 is 0. The van der Waals surface area contributed by atoms with E-state index in [1.807, 2.05) is 18.2 Å². The van der Waals surface area contributed by atoms with Crippen LogP contribution in [0.1, 0.15) is 17.9 Å². The third kappa shape index (κ3) is 1.88. The van der Waals surface area contributed by atoms with Crippen molar-refractivity contribution in [3.05, 3.63) is 36.1 Å². The molecule has 2 N–H and O–H groups in total. The zero-order valence-corrected chi connectivity index (χ0v) is 8.99. The molecule has 0 saturated carbocycles. The van der Waals surface area contributed by atoms with Gasteiger partial charge in [0.05, 0.1) is 0 Å². The fraction of sp³-hybridized carbons (Fsp3) is 0.200. The Morgan fingerprint density at radius 2 is 2.00 bits per heavy atom. The minimum Gasteiger partial charge on any atom is -0.460 e. The molecule has 0 fully saturated rings. The molecule has 80 valence electrons. The molecule has 4 nitrogen and oxygen atoms in total. The lowest BCUT2D eigenvalue weighted by atomic mass is 10.2. The summed E-state index contributed by atoms with van der Waals surface area (Å²) in [6.45, 7) is 1.51. The van der Waals surface area contributed by atoms with E-state index in [0.717, 1.165) is 5.39 Å². The molecule has 0 radical (unpaired) electrons. The Hall–Kier alpha value is -1.33. The highest BCUT2D eigenvalue weighted by Gasteiger charge is 2.21. The van der Waals surface area contributed by atoms with Crippen molar-refractivity contribution >= 4 is 21.0 Å². The summed E-state index contributed by atoms with van der Waals surface area (Å²) in [6.07, 6.45) is 0. The number of hydrogen-bond donors (Lipinski definition) is 1. The van der Waals surface area contributed by atoms with Crippen LogP contribution in [0.15, 0.2) is 34.7 Å². The highest BCUT2D eigenvalue weighted by atomic mass is 32.2. The van der Waals surface area contributed by atoms with Gasteiger partial charge in [0.1, 0.15) is 16.6 Å². The van der Waals surface area contributed by atoms with Crippen LogP contribution in [0.4, 0.5) is 0 Å². The van der Waals surface area contributed by atoms with Gasteiger partial charge in [0.2, 0.25) is 10.0 Å². The number of nitrogens with two attached hydrogens (primary N) is 1. The fourth-order valence-electron chi connectivity index (χ4n) is 1.36. The third-order valence-electron chi connectivity index (χ3n) is 2.34. The summed E-state index contributed by atoms with van der Waals surface area (Å²) in [7, 11) is -3.60. The average molecular weight is 225 g/mol. The molecular weight excluding hydrogens is 214 g/mol. The number of benzene rings is 1. The number of fused-ring (bicyclic) bond motifs is 1. The number of hydrogen-bond acceptors (Lipinski definition) is 3. The van der Waals surface area contributed by atoms with E-state index >= 15 is 0 Å². The summed E-state index contributed by atoms with van der Waals surface area (Å²) in [5, 5.41) is 5.11. The Kier molecular flexibility index (Phi) is 2.28. The number of para-hydroxylation sites is 1. The van der Waals surface area contributed by atoms with E-state index in [1.54, 1.807) is 12.1 Å². The predicted octanol–water partition coefficient (Wildman–Crippen LogP) is 1.78. The Balaban J connectivity index is 2.54. The van der Waals surface area contributed by atoms with Gasteiger partial charge >= 0.3 is 0 Å². The van der Waals surface area contributed by atoms with Crippen LogP contribution in [-0.4, -0.2) is 8.42 Å². The van der Waals surface area contributed by atoms with Gasteiger partial charge in [-0.1, -0.05) is 18.2 Å². The van der Waals surface area contributed by atoms with E-state index in [9.17, 15) is 8.42 Å².